The van der Waals surface area contributed by atoms with Gasteiger partial charge in [0.05, 0.1) is 6.26 Å². The summed E-state index contributed by atoms with van der Waals surface area (Å²) in [5.74, 6) is -1.09. The molecule has 0 spiro atoms. The maximum atomic E-state index is 13.4. The van der Waals surface area contributed by atoms with Crippen LogP contribution in [0.3, 0.4) is 0 Å². The molecule has 1 aliphatic carbocycles. The molecule has 0 radical (unpaired) electrons. The minimum absolute atomic E-state index is 0.207. The smallest absolute Gasteiger partial charge is 0.251 e. The van der Waals surface area contributed by atoms with Crippen molar-refractivity contribution in [2.45, 2.75) is 37.3 Å². The van der Waals surface area contributed by atoms with Crippen LogP contribution in [0, 0.1) is 11.6 Å². The van der Waals surface area contributed by atoms with Gasteiger partial charge in [-0.25, -0.2) is 17.2 Å². The minimum atomic E-state index is -3.34. The maximum absolute atomic E-state index is 13.4. The number of carbonyl (C=O) groups excluding carboxylic acids is 2. The van der Waals surface area contributed by atoms with Gasteiger partial charge in [-0.1, -0.05) is 12.1 Å². The number of benzene rings is 2. The van der Waals surface area contributed by atoms with Gasteiger partial charge in [0, 0.05) is 43.7 Å². The van der Waals surface area contributed by atoms with Crippen molar-refractivity contribution < 1.29 is 26.8 Å². The van der Waals surface area contributed by atoms with Gasteiger partial charge < -0.3 is 15.1 Å². The van der Waals surface area contributed by atoms with Crippen molar-refractivity contribution in [2.75, 3.05) is 46.0 Å². The lowest BCUT2D eigenvalue weighted by Crippen LogP contribution is -2.55. The normalized spacial score (nSPS) is 20.8. The summed E-state index contributed by atoms with van der Waals surface area (Å²) in [6, 6.07) is 11.2. The Kier molecular flexibility index (Phi) is 8.79. The summed E-state index contributed by atoms with van der Waals surface area (Å²) in [5, 5.41) is 2.81. The van der Waals surface area contributed by atoms with E-state index >= 15 is 0 Å². The molecule has 2 fully saturated rings. The van der Waals surface area contributed by atoms with Gasteiger partial charge in [-0.15, -0.1) is 0 Å². The molecule has 2 amide bonds. The first-order chi connectivity index (χ1) is 18.0. The van der Waals surface area contributed by atoms with Crippen LogP contribution in [0.25, 0.3) is 0 Å². The molecule has 2 aromatic rings. The Hall–Kier alpha value is -2.89. The Labute approximate surface area is 222 Å². The fourth-order valence-corrected chi connectivity index (χ4v) is 5.83. The van der Waals surface area contributed by atoms with E-state index in [1.807, 2.05) is 19.2 Å². The zero-order valence-electron chi connectivity index (χ0n) is 21.6. The van der Waals surface area contributed by atoms with Crippen molar-refractivity contribution in [3.05, 3.63) is 71.3 Å². The predicted molar refractivity (Wildman–Crippen MR) is 140 cm³/mol. The van der Waals surface area contributed by atoms with Crippen molar-refractivity contribution in [3.8, 4) is 0 Å². The van der Waals surface area contributed by atoms with Crippen LogP contribution >= 0.6 is 0 Å². The summed E-state index contributed by atoms with van der Waals surface area (Å²) in [6.45, 7) is 1.61. The molecule has 2 aromatic carbocycles. The molecule has 206 valence electrons. The van der Waals surface area contributed by atoms with Gasteiger partial charge in [-0.05, 0) is 74.8 Å². The number of sulfonamides is 1. The molecule has 1 saturated carbocycles. The first kappa shape index (κ1) is 28.1. The number of hydrogen-bond acceptors (Lipinski definition) is 5. The van der Waals surface area contributed by atoms with Gasteiger partial charge in [0.25, 0.3) is 5.91 Å². The third-order valence-electron chi connectivity index (χ3n) is 7.35. The zero-order chi connectivity index (χ0) is 27.4. The van der Waals surface area contributed by atoms with Crippen LogP contribution in [0.15, 0.2) is 48.5 Å². The van der Waals surface area contributed by atoms with E-state index in [2.05, 4.69) is 10.2 Å². The molecule has 1 N–H and O–H groups in total. The van der Waals surface area contributed by atoms with Gasteiger partial charge in [0.1, 0.15) is 17.7 Å². The summed E-state index contributed by atoms with van der Waals surface area (Å²) in [5.41, 5.74) is 1.36. The van der Waals surface area contributed by atoms with Crippen LogP contribution in [0.2, 0.25) is 0 Å². The van der Waals surface area contributed by atoms with Gasteiger partial charge in [0.2, 0.25) is 15.9 Å². The molecule has 1 saturated heterocycles. The second-order valence-electron chi connectivity index (χ2n) is 10.1. The lowest BCUT2D eigenvalue weighted by atomic mass is 10.1. The lowest BCUT2D eigenvalue weighted by molar-refractivity contribution is -0.134. The highest BCUT2D eigenvalue weighted by molar-refractivity contribution is 7.88. The van der Waals surface area contributed by atoms with Gasteiger partial charge in [0.15, 0.2) is 0 Å². The molecule has 4 rings (SSSR count). The van der Waals surface area contributed by atoms with Crippen LogP contribution in [0.5, 0.6) is 0 Å². The largest absolute Gasteiger partial charge is 0.340 e. The molecule has 1 heterocycles. The molecular weight excluding hydrogens is 514 g/mol. The maximum Gasteiger partial charge on any atom is 0.251 e. The number of amides is 2. The average Bonchev–Trinajstić information content (AvgIpc) is 3.69. The summed E-state index contributed by atoms with van der Waals surface area (Å²) in [6.07, 6.45) is 3.17. The summed E-state index contributed by atoms with van der Waals surface area (Å²) < 4.78 is 51.6. The summed E-state index contributed by atoms with van der Waals surface area (Å²) >= 11 is 0. The van der Waals surface area contributed by atoms with E-state index in [9.17, 15) is 26.8 Å². The van der Waals surface area contributed by atoms with Crippen molar-refractivity contribution in [1.29, 1.82) is 0 Å². The lowest BCUT2D eigenvalue weighted by Gasteiger charge is -2.35. The third kappa shape index (κ3) is 7.15. The van der Waals surface area contributed by atoms with Crippen LogP contribution in [-0.2, 0) is 14.8 Å². The number of hydrogen-bond donors (Lipinski definition) is 1. The highest BCUT2D eigenvalue weighted by atomic mass is 32.2. The summed E-state index contributed by atoms with van der Waals surface area (Å²) in [4.78, 5) is 30.1. The van der Waals surface area contributed by atoms with E-state index < -0.39 is 27.8 Å². The molecule has 8 nitrogen and oxygen atoms in total. The Morgan fingerprint density at radius 3 is 2.16 bits per heavy atom. The molecule has 0 aromatic heterocycles. The zero-order valence-corrected chi connectivity index (χ0v) is 22.5. The third-order valence-corrected chi connectivity index (χ3v) is 8.66. The van der Waals surface area contributed by atoms with E-state index in [1.54, 1.807) is 4.90 Å². The topological polar surface area (TPSA) is 90.0 Å². The van der Waals surface area contributed by atoms with Crippen LogP contribution in [0.1, 0.15) is 41.1 Å². The molecule has 38 heavy (non-hydrogen) atoms. The highest BCUT2D eigenvalue weighted by Gasteiger charge is 2.41. The molecule has 0 bridgehead atoms. The standard InChI is InChI=1S/C27H34F2N4O4S/c1-31(25-18-23(25)19-5-9-21(28)10-6-19)13-3-4-24(30-26(34)20-7-11-22(29)12-8-20)27(35)32-14-16-33(17-15-32)38(2,36)37/h5-12,23-25H,3-4,13-18H2,1-2H3,(H,30,34)/t23-,24-,25?/m0/s1. The van der Waals surface area contributed by atoms with E-state index in [1.165, 1.54) is 40.7 Å². The van der Waals surface area contributed by atoms with Crippen molar-refractivity contribution in [3.63, 3.8) is 0 Å². The van der Waals surface area contributed by atoms with Gasteiger partial charge in [-0.3, -0.25) is 9.59 Å². The second-order valence-corrected chi connectivity index (χ2v) is 12.1. The van der Waals surface area contributed by atoms with Crippen molar-refractivity contribution >= 4 is 21.8 Å². The number of nitrogens with one attached hydrogen (secondary N) is 1. The Balaban J connectivity index is 1.36. The van der Waals surface area contributed by atoms with E-state index in [0.29, 0.717) is 31.3 Å². The molecule has 2 aliphatic rings. The Bertz CT molecular complexity index is 1230. The number of rotatable bonds is 10. The number of piperazine rings is 1. The number of likely N-dealkylation sites (N-methyl/N-ethyl adjacent to an activating group) is 1. The molecular formula is C27H34F2N4O4S. The first-order valence-electron chi connectivity index (χ1n) is 12.8. The Morgan fingerprint density at radius 1 is 1.00 bits per heavy atom. The minimum Gasteiger partial charge on any atom is -0.340 e. The molecule has 1 aliphatic heterocycles. The monoisotopic (exact) mass is 548 g/mol. The van der Waals surface area contributed by atoms with Gasteiger partial charge in [-0.2, -0.15) is 4.31 Å². The molecule has 1 unspecified atom stereocenters. The fourth-order valence-electron chi connectivity index (χ4n) is 5.01. The van der Waals surface area contributed by atoms with E-state index in [-0.39, 0.29) is 43.5 Å². The number of nitrogens with zero attached hydrogens (tertiary/aromatic N) is 3. The van der Waals surface area contributed by atoms with Crippen molar-refractivity contribution in [1.82, 2.24) is 19.4 Å². The average molecular weight is 549 g/mol. The number of carbonyl (C=O) groups is 2. The van der Waals surface area contributed by atoms with Crippen LogP contribution in [0.4, 0.5) is 8.78 Å². The first-order valence-corrected chi connectivity index (χ1v) is 14.6. The van der Waals surface area contributed by atoms with Gasteiger partial charge >= 0.3 is 0 Å². The molecule has 11 heteroatoms. The SMILES string of the molecule is CN(CCC[C@H](NC(=O)c1ccc(F)cc1)C(=O)N1CCN(S(C)(=O)=O)CC1)C1C[C@H]1c1ccc(F)cc1. The molecule has 3 atom stereocenters. The quantitative estimate of drug-likeness (QED) is 0.493. The highest BCUT2D eigenvalue weighted by Crippen LogP contribution is 2.44. The fraction of sp³-hybridized carbons (Fsp3) is 0.481. The van der Waals surface area contributed by atoms with Crippen LogP contribution in [-0.4, -0.2) is 92.4 Å². The van der Waals surface area contributed by atoms with Crippen LogP contribution < -0.4 is 5.32 Å². The Morgan fingerprint density at radius 2 is 1.58 bits per heavy atom. The van der Waals surface area contributed by atoms with E-state index in [4.69, 9.17) is 0 Å². The predicted octanol–water partition coefficient (Wildman–Crippen LogP) is 2.44. The number of halogens is 2. The van der Waals surface area contributed by atoms with Crippen molar-refractivity contribution in [2.24, 2.45) is 0 Å². The second kappa shape index (κ2) is 11.9. The summed E-state index contributed by atoms with van der Waals surface area (Å²) in [7, 11) is -1.32. The van der Waals surface area contributed by atoms with E-state index in [0.717, 1.165) is 18.2 Å².